The zero-order valence-electron chi connectivity index (χ0n) is 14.9. The molecule has 3 aromatic rings. The van der Waals surface area contributed by atoms with Gasteiger partial charge in [0.05, 0.1) is 17.9 Å². The lowest BCUT2D eigenvalue weighted by molar-refractivity contribution is -0.141. The Kier molecular flexibility index (Phi) is 4.88. The standard InChI is InChI=1S/C15H13F6N7O/c1-3-29-13-12(23-4-5-24-13)28-11(22)9(10(26-28)15(19,20)21)7-6-8(14(16,17)18)25-27(7)2/h4-6H,3,22H2,1-2H3. The Bertz CT molecular complexity index is 1040. The minimum atomic E-state index is -5.02. The smallest absolute Gasteiger partial charge is 0.435 e. The largest absolute Gasteiger partial charge is 0.475 e. The molecule has 0 spiro atoms. The Morgan fingerprint density at radius 2 is 1.69 bits per heavy atom. The van der Waals surface area contributed by atoms with Gasteiger partial charge in [0.1, 0.15) is 5.82 Å². The van der Waals surface area contributed by atoms with Crippen LogP contribution in [0.15, 0.2) is 18.5 Å². The van der Waals surface area contributed by atoms with Gasteiger partial charge in [0.25, 0.3) is 5.88 Å². The third kappa shape index (κ3) is 3.69. The Morgan fingerprint density at radius 1 is 1.03 bits per heavy atom. The van der Waals surface area contributed by atoms with E-state index in [-0.39, 0.29) is 18.3 Å². The van der Waals surface area contributed by atoms with Gasteiger partial charge in [-0.25, -0.2) is 9.97 Å². The average molecular weight is 421 g/mol. The number of nitrogens with zero attached hydrogens (tertiary/aromatic N) is 6. The van der Waals surface area contributed by atoms with E-state index >= 15 is 0 Å². The molecule has 0 radical (unpaired) electrons. The first-order valence-corrected chi connectivity index (χ1v) is 7.96. The van der Waals surface area contributed by atoms with Crippen molar-refractivity contribution in [2.45, 2.75) is 19.3 Å². The maximum atomic E-state index is 13.6. The molecule has 29 heavy (non-hydrogen) atoms. The fourth-order valence-electron chi connectivity index (χ4n) is 2.58. The molecule has 3 heterocycles. The molecule has 0 amide bonds. The summed E-state index contributed by atoms with van der Waals surface area (Å²) in [5.74, 6) is -0.997. The minimum Gasteiger partial charge on any atom is -0.475 e. The summed E-state index contributed by atoms with van der Waals surface area (Å²) in [6.45, 7) is 1.74. The van der Waals surface area contributed by atoms with E-state index in [2.05, 4.69) is 20.2 Å². The van der Waals surface area contributed by atoms with E-state index in [1.165, 1.54) is 12.4 Å². The zero-order chi connectivity index (χ0) is 21.6. The maximum absolute atomic E-state index is 13.6. The Balaban J connectivity index is 2.29. The van der Waals surface area contributed by atoms with Crippen molar-refractivity contribution in [1.29, 1.82) is 0 Å². The van der Waals surface area contributed by atoms with E-state index in [0.29, 0.717) is 15.4 Å². The van der Waals surface area contributed by atoms with Gasteiger partial charge in [0.15, 0.2) is 11.4 Å². The highest BCUT2D eigenvalue weighted by atomic mass is 19.4. The second-order valence-corrected chi connectivity index (χ2v) is 5.67. The molecule has 0 unspecified atom stereocenters. The molecule has 156 valence electrons. The summed E-state index contributed by atoms with van der Waals surface area (Å²) in [4.78, 5) is 7.75. The number of aryl methyl sites for hydroxylation is 1. The van der Waals surface area contributed by atoms with Gasteiger partial charge in [-0.1, -0.05) is 0 Å². The molecule has 14 heteroatoms. The molecular weight excluding hydrogens is 408 g/mol. The van der Waals surface area contributed by atoms with E-state index in [9.17, 15) is 26.3 Å². The number of aromatic nitrogens is 6. The van der Waals surface area contributed by atoms with Gasteiger partial charge in [-0.3, -0.25) is 4.68 Å². The predicted octanol–water partition coefficient (Wildman–Crippen LogP) is 3.08. The first kappa shape index (κ1) is 20.4. The molecule has 2 N–H and O–H groups in total. The molecule has 0 atom stereocenters. The van der Waals surface area contributed by atoms with Gasteiger partial charge in [0.2, 0.25) is 5.82 Å². The van der Waals surface area contributed by atoms with Gasteiger partial charge in [0, 0.05) is 19.4 Å². The molecular formula is C15H13F6N7O. The van der Waals surface area contributed by atoms with Crippen molar-refractivity contribution in [2.24, 2.45) is 7.05 Å². The molecule has 0 aliphatic rings. The summed E-state index contributed by atoms with van der Waals surface area (Å²) in [7, 11) is 1.06. The van der Waals surface area contributed by atoms with Crippen molar-refractivity contribution in [3.63, 3.8) is 0 Å². The summed E-state index contributed by atoms with van der Waals surface area (Å²) >= 11 is 0. The van der Waals surface area contributed by atoms with E-state index < -0.39 is 40.8 Å². The second-order valence-electron chi connectivity index (χ2n) is 5.67. The first-order chi connectivity index (χ1) is 13.4. The number of rotatable bonds is 4. The molecule has 0 aliphatic carbocycles. The van der Waals surface area contributed by atoms with Crippen LogP contribution in [0.2, 0.25) is 0 Å². The highest BCUT2D eigenvalue weighted by Crippen LogP contribution is 2.42. The molecule has 0 aromatic carbocycles. The van der Waals surface area contributed by atoms with E-state index in [1.54, 1.807) is 6.92 Å². The zero-order valence-corrected chi connectivity index (χ0v) is 14.9. The molecule has 0 bridgehead atoms. The first-order valence-electron chi connectivity index (χ1n) is 7.96. The van der Waals surface area contributed by atoms with Crippen molar-refractivity contribution in [2.75, 3.05) is 12.3 Å². The summed E-state index contributed by atoms with van der Waals surface area (Å²) < 4.78 is 86.2. The van der Waals surface area contributed by atoms with Crippen LogP contribution in [0.4, 0.5) is 32.2 Å². The molecule has 3 rings (SSSR count). The van der Waals surface area contributed by atoms with Crippen LogP contribution in [-0.2, 0) is 19.4 Å². The molecule has 3 aromatic heterocycles. The van der Waals surface area contributed by atoms with Gasteiger partial charge >= 0.3 is 12.4 Å². The highest BCUT2D eigenvalue weighted by Gasteiger charge is 2.42. The van der Waals surface area contributed by atoms with Gasteiger partial charge < -0.3 is 10.5 Å². The number of halogens is 6. The summed E-state index contributed by atoms with van der Waals surface area (Å²) in [5.41, 5.74) is 1.72. The van der Waals surface area contributed by atoms with Crippen LogP contribution in [0.25, 0.3) is 17.1 Å². The maximum Gasteiger partial charge on any atom is 0.435 e. The molecule has 0 aliphatic heterocycles. The van der Waals surface area contributed by atoms with E-state index in [0.717, 1.165) is 7.05 Å². The summed E-state index contributed by atoms with van der Waals surface area (Å²) in [6.07, 6.45) is -7.45. The van der Waals surface area contributed by atoms with Crippen molar-refractivity contribution >= 4 is 5.82 Å². The molecule has 0 saturated heterocycles. The van der Waals surface area contributed by atoms with Crippen LogP contribution in [0.1, 0.15) is 18.3 Å². The monoisotopic (exact) mass is 421 g/mol. The second kappa shape index (κ2) is 6.93. The van der Waals surface area contributed by atoms with Crippen LogP contribution < -0.4 is 10.5 Å². The lowest BCUT2D eigenvalue weighted by Crippen LogP contribution is -2.11. The summed E-state index contributed by atoms with van der Waals surface area (Å²) in [5, 5.41) is 6.68. The quantitative estimate of drug-likeness (QED) is 0.651. The van der Waals surface area contributed by atoms with Gasteiger partial charge in [-0.2, -0.15) is 41.2 Å². The molecule has 0 fully saturated rings. The topological polar surface area (TPSA) is 96.7 Å². The number of alkyl halides is 6. The van der Waals surface area contributed by atoms with E-state index in [1.807, 2.05) is 0 Å². The van der Waals surface area contributed by atoms with Crippen molar-refractivity contribution in [1.82, 2.24) is 29.5 Å². The lowest BCUT2D eigenvalue weighted by atomic mass is 10.1. The number of hydrogen-bond acceptors (Lipinski definition) is 6. The number of hydrogen-bond donors (Lipinski definition) is 1. The van der Waals surface area contributed by atoms with E-state index in [4.69, 9.17) is 10.5 Å². The number of nitrogen functional groups attached to an aromatic ring is 1. The lowest BCUT2D eigenvalue weighted by Gasteiger charge is -2.09. The Morgan fingerprint density at radius 3 is 2.24 bits per heavy atom. The normalized spacial score (nSPS) is 12.4. The van der Waals surface area contributed by atoms with Crippen molar-refractivity contribution in [3.8, 4) is 23.0 Å². The van der Waals surface area contributed by atoms with Crippen LogP contribution in [0.3, 0.4) is 0 Å². The van der Waals surface area contributed by atoms with Crippen LogP contribution in [0, 0.1) is 0 Å². The van der Waals surface area contributed by atoms with Crippen LogP contribution >= 0.6 is 0 Å². The van der Waals surface area contributed by atoms with Crippen molar-refractivity contribution < 1.29 is 31.1 Å². The van der Waals surface area contributed by atoms with Crippen LogP contribution in [-0.4, -0.2) is 36.1 Å². The number of nitrogens with two attached hydrogens (primary N) is 1. The minimum absolute atomic E-state index is 0.128. The van der Waals surface area contributed by atoms with Gasteiger partial charge in [-0.15, -0.1) is 0 Å². The Labute approximate surface area is 158 Å². The SMILES string of the molecule is CCOc1nccnc1-n1nc(C(F)(F)F)c(-c2cc(C(F)(F)F)nn2C)c1N. The van der Waals surface area contributed by atoms with Crippen molar-refractivity contribution in [3.05, 3.63) is 29.8 Å². The Hall–Kier alpha value is -3.32. The third-order valence-electron chi connectivity index (χ3n) is 3.74. The van der Waals surface area contributed by atoms with Gasteiger partial charge in [-0.05, 0) is 13.0 Å². The molecule has 0 saturated carbocycles. The summed E-state index contributed by atoms with van der Waals surface area (Å²) in [6, 6.07) is 0.465. The predicted molar refractivity (Wildman–Crippen MR) is 86.9 cm³/mol. The molecule has 8 nitrogen and oxygen atoms in total. The highest BCUT2D eigenvalue weighted by molar-refractivity contribution is 5.76. The number of anilines is 1. The average Bonchev–Trinajstić information content (AvgIpc) is 3.15. The third-order valence-corrected chi connectivity index (χ3v) is 3.74. The fraction of sp³-hybridized carbons (Fsp3) is 0.333. The van der Waals surface area contributed by atoms with Crippen LogP contribution in [0.5, 0.6) is 5.88 Å². The fourth-order valence-corrected chi connectivity index (χ4v) is 2.58. The number of ether oxygens (including phenoxy) is 1.